The maximum atomic E-state index is 13.6. The van der Waals surface area contributed by atoms with Gasteiger partial charge in [0.15, 0.2) is 0 Å². The average Bonchev–Trinajstić information content (AvgIpc) is 2.85. The van der Waals surface area contributed by atoms with Crippen molar-refractivity contribution >= 4 is 0 Å². The van der Waals surface area contributed by atoms with E-state index in [2.05, 4.69) is 29.6 Å². The van der Waals surface area contributed by atoms with Crippen LogP contribution in [0.1, 0.15) is 40.3 Å². The van der Waals surface area contributed by atoms with E-state index in [1.165, 1.54) is 11.1 Å². The molecule has 2 heteroatoms. The first kappa shape index (κ1) is 13.3. The highest BCUT2D eigenvalue weighted by molar-refractivity contribution is 5.35. The molecule has 0 heterocycles. The summed E-state index contributed by atoms with van der Waals surface area (Å²) in [6, 6.07) is 12.9. The second-order valence-electron chi connectivity index (χ2n) is 5.71. The molecule has 0 radical (unpaired) electrons. The van der Waals surface area contributed by atoms with Gasteiger partial charge in [0.25, 0.3) is 0 Å². The molecule has 0 aliphatic heterocycles. The van der Waals surface area contributed by atoms with Gasteiger partial charge in [-0.2, -0.15) is 0 Å². The molecule has 0 spiro atoms. The summed E-state index contributed by atoms with van der Waals surface area (Å²) in [5, 5.41) is 3.61. The van der Waals surface area contributed by atoms with Crippen LogP contribution in [0.3, 0.4) is 0 Å². The van der Waals surface area contributed by atoms with Crippen LogP contribution in [0.25, 0.3) is 0 Å². The summed E-state index contributed by atoms with van der Waals surface area (Å²) in [5.74, 6) is -0.0834. The Morgan fingerprint density at radius 2 is 1.85 bits per heavy atom. The SMILES string of the molecule is Cc1cc(CNC2CCc3ccccc32)cc(C)c1F. The lowest BCUT2D eigenvalue weighted by Crippen LogP contribution is -2.18. The van der Waals surface area contributed by atoms with Crippen LogP contribution in [0.2, 0.25) is 0 Å². The Bertz CT molecular complexity index is 610. The van der Waals surface area contributed by atoms with Gasteiger partial charge in [0.1, 0.15) is 5.82 Å². The van der Waals surface area contributed by atoms with Gasteiger partial charge in [-0.3, -0.25) is 0 Å². The highest BCUT2D eigenvalue weighted by Crippen LogP contribution is 2.31. The second kappa shape index (κ2) is 5.37. The predicted octanol–water partition coefficient (Wildman–Crippen LogP) is 4.22. The van der Waals surface area contributed by atoms with Crippen molar-refractivity contribution in [1.29, 1.82) is 0 Å². The van der Waals surface area contributed by atoms with Crippen molar-refractivity contribution in [3.63, 3.8) is 0 Å². The number of aryl methyl sites for hydroxylation is 3. The van der Waals surface area contributed by atoms with Crippen LogP contribution in [0.15, 0.2) is 36.4 Å². The molecule has 0 aromatic heterocycles. The Morgan fingerprint density at radius 1 is 1.15 bits per heavy atom. The molecular weight excluding hydrogens is 249 g/mol. The first-order valence-electron chi connectivity index (χ1n) is 7.22. The minimum atomic E-state index is -0.0834. The van der Waals surface area contributed by atoms with E-state index in [0.29, 0.717) is 6.04 Å². The molecule has 1 atom stereocenters. The molecule has 1 N–H and O–H groups in total. The number of fused-ring (bicyclic) bond motifs is 1. The Morgan fingerprint density at radius 3 is 2.60 bits per heavy atom. The van der Waals surface area contributed by atoms with Gasteiger partial charge < -0.3 is 5.32 Å². The van der Waals surface area contributed by atoms with Crippen LogP contribution in [0.4, 0.5) is 4.39 Å². The first-order valence-corrected chi connectivity index (χ1v) is 7.22. The fraction of sp³-hybridized carbons (Fsp3) is 0.333. The minimum absolute atomic E-state index is 0.0834. The van der Waals surface area contributed by atoms with Crippen LogP contribution in [-0.2, 0) is 13.0 Å². The molecule has 2 aromatic carbocycles. The molecule has 0 saturated heterocycles. The molecule has 1 aliphatic rings. The summed E-state index contributed by atoms with van der Waals surface area (Å²) in [5.41, 5.74) is 5.49. The van der Waals surface area contributed by atoms with E-state index in [4.69, 9.17) is 0 Å². The van der Waals surface area contributed by atoms with Crippen molar-refractivity contribution in [2.45, 2.75) is 39.3 Å². The molecular formula is C18H20FN. The summed E-state index contributed by atoms with van der Waals surface area (Å²) in [6.45, 7) is 4.45. The van der Waals surface area contributed by atoms with Gasteiger partial charge in [0, 0.05) is 12.6 Å². The zero-order valence-corrected chi connectivity index (χ0v) is 12.0. The molecule has 104 valence electrons. The first-order chi connectivity index (χ1) is 9.65. The van der Waals surface area contributed by atoms with Crippen molar-refractivity contribution in [1.82, 2.24) is 5.32 Å². The summed E-state index contributed by atoms with van der Waals surface area (Å²) >= 11 is 0. The maximum Gasteiger partial charge on any atom is 0.129 e. The summed E-state index contributed by atoms with van der Waals surface area (Å²) in [6.07, 6.45) is 2.30. The molecule has 0 saturated carbocycles. The molecule has 1 unspecified atom stereocenters. The summed E-state index contributed by atoms with van der Waals surface area (Å²) in [7, 11) is 0. The lowest BCUT2D eigenvalue weighted by atomic mass is 10.0. The third kappa shape index (κ3) is 2.48. The number of benzene rings is 2. The molecule has 1 aliphatic carbocycles. The van der Waals surface area contributed by atoms with Gasteiger partial charge in [-0.05, 0) is 54.5 Å². The van der Waals surface area contributed by atoms with Crippen LogP contribution in [-0.4, -0.2) is 0 Å². The van der Waals surface area contributed by atoms with Crippen molar-refractivity contribution < 1.29 is 4.39 Å². The lowest BCUT2D eigenvalue weighted by Gasteiger charge is -2.15. The number of hydrogen-bond acceptors (Lipinski definition) is 1. The number of rotatable bonds is 3. The van der Waals surface area contributed by atoms with Gasteiger partial charge in [-0.1, -0.05) is 36.4 Å². The number of hydrogen-bond donors (Lipinski definition) is 1. The standard InChI is InChI=1S/C18H20FN/c1-12-9-14(10-13(2)18(12)19)11-20-17-8-7-15-5-3-4-6-16(15)17/h3-6,9-10,17,20H,7-8,11H2,1-2H3. The van der Waals surface area contributed by atoms with Crippen LogP contribution >= 0.6 is 0 Å². The molecule has 0 amide bonds. The average molecular weight is 269 g/mol. The highest BCUT2D eigenvalue weighted by Gasteiger charge is 2.21. The van der Waals surface area contributed by atoms with Crippen LogP contribution in [0, 0.1) is 19.7 Å². The Kier molecular flexibility index (Phi) is 3.58. The lowest BCUT2D eigenvalue weighted by molar-refractivity contribution is 0.529. The molecule has 2 aromatic rings. The maximum absolute atomic E-state index is 13.6. The van der Waals surface area contributed by atoms with Gasteiger partial charge in [-0.25, -0.2) is 4.39 Å². The van der Waals surface area contributed by atoms with E-state index in [1.54, 1.807) is 0 Å². The Labute approximate surface area is 119 Å². The van der Waals surface area contributed by atoms with Crippen molar-refractivity contribution in [2.24, 2.45) is 0 Å². The third-order valence-electron chi connectivity index (χ3n) is 4.18. The Hall–Kier alpha value is -1.67. The van der Waals surface area contributed by atoms with E-state index < -0.39 is 0 Å². The monoisotopic (exact) mass is 269 g/mol. The van der Waals surface area contributed by atoms with E-state index in [-0.39, 0.29) is 5.82 Å². The molecule has 0 fully saturated rings. The minimum Gasteiger partial charge on any atom is -0.306 e. The largest absolute Gasteiger partial charge is 0.306 e. The zero-order chi connectivity index (χ0) is 14.1. The zero-order valence-electron chi connectivity index (χ0n) is 12.0. The van der Waals surface area contributed by atoms with E-state index >= 15 is 0 Å². The third-order valence-corrected chi connectivity index (χ3v) is 4.18. The highest BCUT2D eigenvalue weighted by atomic mass is 19.1. The second-order valence-corrected chi connectivity index (χ2v) is 5.71. The van der Waals surface area contributed by atoms with Crippen molar-refractivity contribution in [3.8, 4) is 0 Å². The normalized spacial score (nSPS) is 17.2. The van der Waals surface area contributed by atoms with E-state index in [1.807, 2.05) is 26.0 Å². The van der Waals surface area contributed by atoms with Crippen molar-refractivity contribution in [2.75, 3.05) is 0 Å². The fourth-order valence-electron chi connectivity index (χ4n) is 3.15. The fourth-order valence-corrected chi connectivity index (χ4v) is 3.15. The van der Waals surface area contributed by atoms with Crippen LogP contribution < -0.4 is 5.32 Å². The Balaban J connectivity index is 1.72. The van der Waals surface area contributed by atoms with Crippen molar-refractivity contribution in [3.05, 3.63) is 70.0 Å². The number of nitrogens with one attached hydrogen (secondary N) is 1. The molecule has 3 rings (SSSR count). The molecule has 1 nitrogen and oxygen atoms in total. The van der Waals surface area contributed by atoms with Crippen LogP contribution in [0.5, 0.6) is 0 Å². The van der Waals surface area contributed by atoms with Gasteiger partial charge >= 0.3 is 0 Å². The smallest absolute Gasteiger partial charge is 0.129 e. The molecule has 0 bridgehead atoms. The van der Waals surface area contributed by atoms with E-state index in [0.717, 1.165) is 36.1 Å². The quantitative estimate of drug-likeness (QED) is 0.879. The topological polar surface area (TPSA) is 12.0 Å². The number of halogens is 1. The predicted molar refractivity (Wildman–Crippen MR) is 80.2 cm³/mol. The van der Waals surface area contributed by atoms with E-state index in [9.17, 15) is 4.39 Å². The summed E-state index contributed by atoms with van der Waals surface area (Å²) in [4.78, 5) is 0. The summed E-state index contributed by atoms with van der Waals surface area (Å²) < 4.78 is 13.6. The van der Waals surface area contributed by atoms with Gasteiger partial charge in [0.05, 0.1) is 0 Å². The van der Waals surface area contributed by atoms with Gasteiger partial charge in [-0.15, -0.1) is 0 Å². The molecule has 20 heavy (non-hydrogen) atoms. The van der Waals surface area contributed by atoms with Gasteiger partial charge in [0.2, 0.25) is 0 Å².